The van der Waals surface area contributed by atoms with Crippen LogP contribution in [-0.2, 0) is 0 Å². The van der Waals surface area contributed by atoms with Gasteiger partial charge in [0.1, 0.15) is 17.3 Å². The van der Waals surface area contributed by atoms with Gasteiger partial charge in [-0.3, -0.25) is 4.68 Å². The second-order valence-electron chi connectivity index (χ2n) is 5.30. The molecule has 1 aliphatic rings. The number of hydrogen-bond donors (Lipinski definition) is 1. The Morgan fingerprint density at radius 2 is 1.75 bits per heavy atom. The highest BCUT2D eigenvalue weighted by molar-refractivity contribution is 5.72. The first-order valence-electron chi connectivity index (χ1n) is 6.96. The summed E-state index contributed by atoms with van der Waals surface area (Å²) in [5, 5.41) is 4.34. The number of benzene rings is 1. The van der Waals surface area contributed by atoms with Crippen molar-refractivity contribution < 1.29 is 8.78 Å². The molecule has 0 radical (unpaired) electrons. The first-order valence-corrected chi connectivity index (χ1v) is 6.96. The molecule has 1 fully saturated rings. The average molecular weight is 277 g/mol. The molecule has 0 unspecified atom stereocenters. The Morgan fingerprint density at radius 3 is 2.40 bits per heavy atom. The zero-order valence-electron chi connectivity index (χ0n) is 11.1. The van der Waals surface area contributed by atoms with Gasteiger partial charge in [0.25, 0.3) is 0 Å². The van der Waals surface area contributed by atoms with Crippen molar-refractivity contribution in [2.75, 3.05) is 5.73 Å². The van der Waals surface area contributed by atoms with Crippen LogP contribution < -0.4 is 5.73 Å². The molecular weight excluding hydrogens is 260 g/mol. The Kier molecular flexibility index (Phi) is 3.42. The summed E-state index contributed by atoms with van der Waals surface area (Å²) < 4.78 is 29.4. The van der Waals surface area contributed by atoms with E-state index in [0.717, 1.165) is 25.7 Å². The van der Waals surface area contributed by atoms with Gasteiger partial charge in [0, 0.05) is 6.20 Å². The Hall–Kier alpha value is -1.91. The maximum Gasteiger partial charge on any atom is 0.135 e. The van der Waals surface area contributed by atoms with Crippen LogP contribution in [0.1, 0.15) is 38.1 Å². The zero-order valence-corrected chi connectivity index (χ0v) is 11.1. The SMILES string of the molecule is Nc1cn(C2CCCCC2)nc1-c1c(F)cccc1F. The van der Waals surface area contributed by atoms with Gasteiger partial charge in [0.2, 0.25) is 0 Å². The summed E-state index contributed by atoms with van der Waals surface area (Å²) >= 11 is 0. The second-order valence-corrected chi connectivity index (χ2v) is 5.30. The van der Waals surface area contributed by atoms with Crippen molar-refractivity contribution in [1.29, 1.82) is 0 Å². The minimum atomic E-state index is -0.634. The van der Waals surface area contributed by atoms with E-state index in [9.17, 15) is 8.78 Å². The molecule has 3 nitrogen and oxygen atoms in total. The zero-order chi connectivity index (χ0) is 14.1. The fourth-order valence-corrected chi connectivity index (χ4v) is 2.86. The first-order chi connectivity index (χ1) is 9.66. The largest absolute Gasteiger partial charge is 0.396 e. The lowest BCUT2D eigenvalue weighted by Crippen LogP contribution is -2.13. The molecule has 0 aliphatic heterocycles. The summed E-state index contributed by atoms with van der Waals surface area (Å²) in [5.74, 6) is -1.27. The predicted octanol–water partition coefficient (Wildman–Crippen LogP) is 3.92. The van der Waals surface area contributed by atoms with Crippen LogP contribution in [0.2, 0.25) is 0 Å². The Bertz CT molecular complexity index is 595. The van der Waals surface area contributed by atoms with Gasteiger partial charge in [-0.15, -0.1) is 0 Å². The second kappa shape index (κ2) is 5.23. The lowest BCUT2D eigenvalue weighted by molar-refractivity contribution is 0.330. The summed E-state index contributed by atoms with van der Waals surface area (Å²) in [4.78, 5) is 0. The summed E-state index contributed by atoms with van der Waals surface area (Å²) in [6.45, 7) is 0. The number of anilines is 1. The lowest BCUT2D eigenvalue weighted by Gasteiger charge is -2.21. The van der Waals surface area contributed by atoms with E-state index in [4.69, 9.17) is 5.73 Å². The van der Waals surface area contributed by atoms with E-state index in [1.54, 1.807) is 10.9 Å². The lowest BCUT2D eigenvalue weighted by atomic mass is 9.96. The number of aromatic nitrogens is 2. The Morgan fingerprint density at radius 1 is 1.10 bits per heavy atom. The molecule has 2 aromatic rings. The molecule has 1 saturated carbocycles. The summed E-state index contributed by atoms with van der Waals surface area (Å²) in [7, 11) is 0. The standard InChI is InChI=1S/C15H17F2N3/c16-11-7-4-8-12(17)14(11)15-13(18)9-20(19-15)10-5-2-1-3-6-10/h4,7-10H,1-3,5-6,18H2. The van der Waals surface area contributed by atoms with Gasteiger partial charge in [0.05, 0.1) is 17.3 Å². The molecular formula is C15H17F2N3. The maximum absolute atomic E-state index is 13.8. The third-order valence-electron chi connectivity index (χ3n) is 3.91. The fourth-order valence-electron chi connectivity index (χ4n) is 2.86. The van der Waals surface area contributed by atoms with Crippen LogP contribution in [0, 0.1) is 11.6 Å². The molecule has 3 rings (SSSR count). The quantitative estimate of drug-likeness (QED) is 0.904. The smallest absolute Gasteiger partial charge is 0.135 e. The molecule has 0 amide bonds. The number of rotatable bonds is 2. The van der Waals surface area contributed by atoms with Crippen LogP contribution in [0.15, 0.2) is 24.4 Å². The summed E-state index contributed by atoms with van der Waals surface area (Å²) in [6.07, 6.45) is 7.33. The molecule has 106 valence electrons. The Labute approximate surface area is 116 Å². The molecule has 5 heteroatoms. The van der Waals surface area contributed by atoms with Gasteiger partial charge < -0.3 is 5.73 Å². The van der Waals surface area contributed by atoms with Gasteiger partial charge in [-0.25, -0.2) is 8.78 Å². The molecule has 2 N–H and O–H groups in total. The van der Waals surface area contributed by atoms with Crippen molar-refractivity contribution >= 4 is 5.69 Å². The van der Waals surface area contributed by atoms with Gasteiger partial charge in [-0.2, -0.15) is 5.10 Å². The highest BCUT2D eigenvalue weighted by Crippen LogP contribution is 2.33. The van der Waals surface area contributed by atoms with E-state index in [0.29, 0.717) is 5.69 Å². The van der Waals surface area contributed by atoms with E-state index >= 15 is 0 Å². The van der Waals surface area contributed by atoms with Crippen LogP contribution in [0.4, 0.5) is 14.5 Å². The third kappa shape index (κ3) is 2.28. The molecule has 1 heterocycles. The number of nitrogens with zero attached hydrogens (tertiary/aromatic N) is 2. The van der Waals surface area contributed by atoms with Crippen molar-refractivity contribution in [3.05, 3.63) is 36.0 Å². The van der Waals surface area contributed by atoms with E-state index < -0.39 is 11.6 Å². The fraction of sp³-hybridized carbons (Fsp3) is 0.400. The molecule has 0 bridgehead atoms. The molecule has 0 atom stereocenters. The molecule has 1 aromatic heterocycles. The first kappa shape index (κ1) is 13.1. The van der Waals surface area contributed by atoms with Crippen molar-refractivity contribution in [2.45, 2.75) is 38.1 Å². The summed E-state index contributed by atoms with van der Waals surface area (Å²) in [5.41, 5.74) is 6.28. The van der Waals surface area contributed by atoms with Gasteiger partial charge in [0.15, 0.2) is 0 Å². The van der Waals surface area contributed by atoms with E-state index in [1.165, 1.54) is 24.6 Å². The third-order valence-corrected chi connectivity index (χ3v) is 3.91. The maximum atomic E-state index is 13.8. The average Bonchev–Trinajstić information content (AvgIpc) is 2.82. The highest BCUT2D eigenvalue weighted by Gasteiger charge is 2.21. The molecule has 0 saturated heterocycles. The van der Waals surface area contributed by atoms with E-state index in [-0.39, 0.29) is 17.3 Å². The van der Waals surface area contributed by atoms with Crippen LogP contribution in [-0.4, -0.2) is 9.78 Å². The van der Waals surface area contributed by atoms with Crippen molar-refractivity contribution in [1.82, 2.24) is 9.78 Å². The van der Waals surface area contributed by atoms with Crippen molar-refractivity contribution in [2.24, 2.45) is 0 Å². The minimum absolute atomic E-state index is 0.139. The van der Waals surface area contributed by atoms with Crippen LogP contribution >= 0.6 is 0 Å². The van der Waals surface area contributed by atoms with Gasteiger partial charge in [-0.05, 0) is 25.0 Å². The normalized spacial score (nSPS) is 16.5. The van der Waals surface area contributed by atoms with E-state index in [2.05, 4.69) is 5.10 Å². The highest BCUT2D eigenvalue weighted by atomic mass is 19.1. The van der Waals surface area contributed by atoms with Gasteiger partial charge >= 0.3 is 0 Å². The number of nitrogens with two attached hydrogens (primary N) is 1. The van der Waals surface area contributed by atoms with Crippen LogP contribution in [0.5, 0.6) is 0 Å². The van der Waals surface area contributed by atoms with Crippen molar-refractivity contribution in [3.8, 4) is 11.3 Å². The van der Waals surface area contributed by atoms with Crippen molar-refractivity contribution in [3.63, 3.8) is 0 Å². The molecule has 0 spiro atoms. The van der Waals surface area contributed by atoms with Crippen LogP contribution in [0.25, 0.3) is 11.3 Å². The van der Waals surface area contributed by atoms with E-state index in [1.807, 2.05) is 0 Å². The minimum Gasteiger partial charge on any atom is -0.396 e. The topological polar surface area (TPSA) is 43.8 Å². The monoisotopic (exact) mass is 277 g/mol. The number of hydrogen-bond acceptors (Lipinski definition) is 2. The molecule has 1 aliphatic carbocycles. The van der Waals surface area contributed by atoms with Crippen LogP contribution in [0.3, 0.4) is 0 Å². The number of halogens is 2. The molecule has 1 aromatic carbocycles. The summed E-state index contributed by atoms with van der Waals surface area (Å²) in [6, 6.07) is 4.06. The molecule has 20 heavy (non-hydrogen) atoms. The number of nitrogen functional groups attached to an aromatic ring is 1. The van der Waals surface area contributed by atoms with Gasteiger partial charge in [-0.1, -0.05) is 25.3 Å². The Balaban J connectivity index is 2.00. The predicted molar refractivity (Wildman–Crippen MR) is 74.1 cm³/mol.